The van der Waals surface area contributed by atoms with Crippen LogP contribution in [0.25, 0.3) is 0 Å². The monoisotopic (exact) mass is 394 g/mol. The molecule has 2 aromatic rings. The van der Waals surface area contributed by atoms with Gasteiger partial charge in [0.1, 0.15) is 0 Å². The van der Waals surface area contributed by atoms with Gasteiger partial charge in [0.15, 0.2) is 5.76 Å². The lowest BCUT2D eigenvalue weighted by molar-refractivity contribution is -0.137. The number of nitrogens with one attached hydrogen (secondary N) is 1. The van der Waals surface area contributed by atoms with Crippen molar-refractivity contribution in [2.24, 2.45) is 0 Å². The fourth-order valence-electron chi connectivity index (χ4n) is 2.88. The number of hydrogen-bond donors (Lipinski definition) is 1. The number of benzene rings is 1. The second kappa shape index (κ2) is 8.50. The molecule has 3 rings (SSSR count). The predicted octanol–water partition coefficient (Wildman–Crippen LogP) is 4.00. The van der Waals surface area contributed by atoms with E-state index in [4.69, 9.17) is 4.42 Å². The summed E-state index contributed by atoms with van der Waals surface area (Å²) in [5.41, 5.74) is -0.0350. The topological polar surface area (TPSA) is 62.6 Å². The van der Waals surface area contributed by atoms with E-state index in [0.717, 1.165) is 25.0 Å². The summed E-state index contributed by atoms with van der Waals surface area (Å²) in [6.07, 6.45) is -0.419. The molecule has 1 aromatic carbocycles. The summed E-state index contributed by atoms with van der Waals surface area (Å²) in [6.45, 7) is 0.629. The summed E-state index contributed by atoms with van der Waals surface area (Å²) in [5.74, 6) is -0.177. The molecule has 1 heterocycles. The Bertz CT molecular complexity index is 797. The summed E-state index contributed by atoms with van der Waals surface area (Å²) in [6, 6.07) is 8.22. The zero-order valence-corrected chi connectivity index (χ0v) is 15.2. The predicted molar refractivity (Wildman–Crippen MR) is 95.3 cm³/mol. The summed E-state index contributed by atoms with van der Waals surface area (Å²) in [7, 11) is 0. The number of carbonyl (C=O) groups excluding carboxylic acids is 2. The van der Waals surface area contributed by atoms with Crippen molar-refractivity contribution in [2.45, 2.75) is 44.4 Å². The molecule has 5 nitrogen and oxygen atoms in total. The third kappa shape index (κ3) is 5.37. The van der Waals surface area contributed by atoms with E-state index in [9.17, 15) is 22.8 Å². The van der Waals surface area contributed by atoms with Gasteiger partial charge in [0.25, 0.3) is 5.91 Å². The molecule has 0 saturated heterocycles. The van der Waals surface area contributed by atoms with E-state index in [2.05, 4.69) is 5.32 Å². The van der Waals surface area contributed by atoms with Gasteiger partial charge in [-0.15, -0.1) is 0 Å². The first-order valence-electron chi connectivity index (χ1n) is 9.12. The number of furan rings is 1. The van der Waals surface area contributed by atoms with Gasteiger partial charge in [-0.2, -0.15) is 13.2 Å². The van der Waals surface area contributed by atoms with Crippen molar-refractivity contribution in [2.75, 3.05) is 6.54 Å². The Kier molecular flexibility index (Phi) is 6.06. The highest BCUT2D eigenvalue weighted by Crippen LogP contribution is 2.31. The molecule has 0 atom stereocenters. The van der Waals surface area contributed by atoms with E-state index in [1.807, 2.05) is 0 Å². The molecule has 1 aliphatic carbocycles. The normalized spacial score (nSPS) is 14.0. The second-order valence-electron chi connectivity index (χ2n) is 6.78. The van der Waals surface area contributed by atoms with E-state index >= 15 is 0 Å². The molecule has 1 aromatic heterocycles. The van der Waals surface area contributed by atoms with Gasteiger partial charge in [0.05, 0.1) is 11.8 Å². The molecular weight excluding hydrogens is 373 g/mol. The van der Waals surface area contributed by atoms with E-state index in [0.29, 0.717) is 25.1 Å². The molecule has 1 saturated carbocycles. The molecule has 1 aliphatic rings. The maximum Gasteiger partial charge on any atom is 0.416 e. The van der Waals surface area contributed by atoms with Crippen LogP contribution in [-0.4, -0.2) is 29.3 Å². The van der Waals surface area contributed by atoms with Crippen molar-refractivity contribution in [3.05, 3.63) is 59.5 Å². The summed E-state index contributed by atoms with van der Waals surface area (Å²) in [5, 5.41) is 2.68. The Balaban J connectivity index is 1.48. The first-order chi connectivity index (χ1) is 13.3. The van der Waals surface area contributed by atoms with Crippen LogP contribution < -0.4 is 5.32 Å². The van der Waals surface area contributed by atoms with Crippen LogP contribution in [-0.2, 0) is 17.5 Å². The van der Waals surface area contributed by atoms with Crippen LogP contribution in [0, 0.1) is 0 Å². The highest BCUT2D eigenvalue weighted by atomic mass is 19.4. The van der Waals surface area contributed by atoms with Gasteiger partial charge < -0.3 is 14.6 Å². The van der Waals surface area contributed by atoms with Crippen LogP contribution in [0.5, 0.6) is 0 Å². The van der Waals surface area contributed by atoms with E-state index < -0.39 is 11.7 Å². The standard InChI is InChI=1S/C20H21F3N2O3/c21-20(22,23)15-7-5-14(6-8-15)13-25(16-9-10-16)18(26)4-1-11-24-19(27)17-3-2-12-28-17/h2-3,5-8,12,16H,1,4,9-11,13H2,(H,24,27). The van der Waals surface area contributed by atoms with Crippen LogP contribution in [0.4, 0.5) is 13.2 Å². The van der Waals surface area contributed by atoms with Crippen molar-refractivity contribution in [3.8, 4) is 0 Å². The molecule has 0 bridgehead atoms. The van der Waals surface area contributed by atoms with E-state index in [-0.39, 0.29) is 30.0 Å². The van der Waals surface area contributed by atoms with Crippen LogP contribution in [0.3, 0.4) is 0 Å². The maximum atomic E-state index is 12.7. The molecule has 28 heavy (non-hydrogen) atoms. The quantitative estimate of drug-likeness (QED) is 0.689. The Morgan fingerprint density at radius 1 is 1.14 bits per heavy atom. The smallest absolute Gasteiger partial charge is 0.416 e. The molecule has 150 valence electrons. The van der Waals surface area contributed by atoms with Crippen LogP contribution in [0.15, 0.2) is 47.1 Å². The fourth-order valence-corrected chi connectivity index (χ4v) is 2.88. The fraction of sp³-hybridized carbons (Fsp3) is 0.400. The highest BCUT2D eigenvalue weighted by Gasteiger charge is 2.33. The maximum absolute atomic E-state index is 12.7. The van der Waals surface area contributed by atoms with Crippen LogP contribution in [0.1, 0.15) is 47.4 Å². The number of alkyl halides is 3. The lowest BCUT2D eigenvalue weighted by Crippen LogP contribution is -2.33. The molecule has 8 heteroatoms. The number of amides is 2. The Hall–Kier alpha value is -2.77. The summed E-state index contributed by atoms with van der Waals surface area (Å²) < 4.78 is 43.0. The summed E-state index contributed by atoms with van der Waals surface area (Å²) in [4.78, 5) is 26.0. The Morgan fingerprint density at radius 3 is 2.43 bits per heavy atom. The molecule has 0 unspecified atom stereocenters. The minimum absolute atomic E-state index is 0.0605. The van der Waals surface area contributed by atoms with Crippen molar-refractivity contribution >= 4 is 11.8 Å². The van der Waals surface area contributed by atoms with Gasteiger partial charge in [-0.25, -0.2) is 0 Å². The number of rotatable bonds is 8. The lowest BCUT2D eigenvalue weighted by Gasteiger charge is -2.23. The SMILES string of the molecule is O=C(NCCCC(=O)N(Cc1ccc(C(F)(F)F)cc1)C1CC1)c1ccco1. The first kappa shape index (κ1) is 20.0. The summed E-state index contributed by atoms with van der Waals surface area (Å²) >= 11 is 0. The van der Waals surface area contributed by atoms with Gasteiger partial charge in [-0.1, -0.05) is 12.1 Å². The third-order valence-electron chi connectivity index (χ3n) is 4.54. The van der Waals surface area contributed by atoms with Gasteiger partial charge >= 0.3 is 6.18 Å². The van der Waals surface area contributed by atoms with Crippen LogP contribution in [0.2, 0.25) is 0 Å². The Morgan fingerprint density at radius 2 is 1.86 bits per heavy atom. The largest absolute Gasteiger partial charge is 0.459 e. The average Bonchev–Trinajstić information content (AvgIpc) is 3.35. The van der Waals surface area contributed by atoms with Crippen molar-refractivity contribution < 1.29 is 27.2 Å². The van der Waals surface area contributed by atoms with Gasteiger partial charge in [0.2, 0.25) is 5.91 Å². The van der Waals surface area contributed by atoms with E-state index in [1.165, 1.54) is 18.4 Å². The highest BCUT2D eigenvalue weighted by molar-refractivity contribution is 5.91. The Labute approximate surface area is 160 Å². The lowest BCUT2D eigenvalue weighted by atomic mass is 10.1. The van der Waals surface area contributed by atoms with Crippen molar-refractivity contribution in [1.82, 2.24) is 10.2 Å². The second-order valence-corrected chi connectivity index (χ2v) is 6.78. The zero-order chi connectivity index (χ0) is 20.1. The minimum atomic E-state index is -4.37. The molecule has 1 fully saturated rings. The molecule has 0 aliphatic heterocycles. The minimum Gasteiger partial charge on any atom is -0.459 e. The third-order valence-corrected chi connectivity index (χ3v) is 4.54. The molecular formula is C20H21F3N2O3. The number of nitrogens with zero attached hydrogens (tertiary/aromatic N) is 1. The van der Waals surface area contributed by atoms with Gasteiger partial charge in [-0.05, 0) is 49.1 Å². The number of carbonyl (C=O) groups is 2. The average molecular weight is 394 g/mol. The zero-order valence-electron chi connectivity index (χ0n) is 15.2. The van der Waals surface area contributed by atoms with Crippen LogP contribution >= 0.6 is 0 Å². The van der Waals surface area contributed by atoms with Crippen molar-refractivity contribution in [3.63, 3.8) is 0 Å². The van der Waals surface area contributed by atoms with Crippen molar-refractivity contribution in [1.29, 1.82) is 0 Å². The van der Waals surface area contributed by atoms with E-state index in [1.54, 1.807) is 17.0 Å². The van der Waals surface area contributed by atoms with Gasteiger partial charge in [0, 0.05) is 25.6 Å². The number of halogens is 3. The first-order valence-corrected chi connectivity index (χ1v) is 9.12. The van der Waals surface area contributed by atoms with Gasteiger partial charge in [-0.3, -0.25) is 9.59 Å². The molecule has 0 spiro atoms. The molecule has 0 radical (unpaired) electrons. The molecule has 1 N–H and O–H groups in total. The molecule has 2 amide bonds. The number of hydrogen-bond acceptors (Lipinski definition) is 3.